The Morgan fingerprint density at radius 1 is 0.758 bits per heavy atom. The topological polar surface area (TPSA) is 208 Å². The van der Waals surface area contributed by atoms with E-state index in [1.54, 1.807) is 0 Å². The maximum Gasteiger partial charge on any atom is 0.336 e. The third-order valence-electron chi connectivity index (χ3n) is 5.53. The van der Waals surface area contributed by atoms with Crippen molar-refractivity contribution < 1.29 is 55.5 Å². The third kappa shape index (κ3) is 3.45. The number of phenols is 8. The number of hydrogen-bond donors (Lipinski definition) is 9. The van der Waals surface area contributed by atoms with E-state index in [1.165, 1.54) is 6.07 Å². The van der Waals surface area contributed by atoms with Gasteiger partial charge in [-0.3, -0.25) is 0 Å². The van der Waals surface area contributed by atoms with Crippen LogP contribution >= 0.6 is 0 Å². The monoisotopic (exact) mass is 458 g/mol. The smallest absolute Gasteiger partial charge is 0.336 e. The summed E-state index contributed by atoms with van der Waals surface area (Å²) in [4.78, 5) is 11.9. The van der Waals surface area contributed by atoms with Crippen LogP contribution in [0.3, 0.4) is 0 Å². The molecule has 0 saturated carbocycles. The molecule has 0 amide bonds. The van der Waals surface area contributed by atoms with Gasteiger partial charge < -0.3 is 50.7 Å². The number of aromatic carboxylic acids is 1. The van der Waals surface area contributed by atoms with Gasteiger partial charge in [-0.15, -0.1) is 0 Å². The maximum atomic E-state index is 11.9. The minimum Gasteiger partial charge on any atom is -0.508 e. The average molecular weight is 458 g/mol. The second-order valence-corrected chi connectivity index (χ2v) is 7.56. The van der Waals surface area contributed by atoms with Crippen molar-refractivity contribution in [1.82, 2.24) is 0 Å². The fraction of sp³-hybridized carbons (Fsp3) is 0.136. The molecule has 0 saturated heterocycles. The zero-order valence-electron chi connectivity index (χ0n) is 16.6. The minimum atomic E-state index is -1.55. The number of fused-ring (bicyclic) bond motifs is 1. The van der Waals surface area contributed by atoms with E-state index in [0.717, 1.165) is 24.3 Å². The first-order chi connectivity index (χ1) is 15.5. The molecule has 3 aromatic carbocycles. The highest BCUT2D eigenvalue weighted by atomic mass is 16.5. The number of carbonyl (C=O) groups is 1. The van der Waals surface area contributed by atoms with Crippen LogP contribution in [0.5, 0.6) is 51.7 Å². The molecule has 11 nitrogen and oxygen atoms in total. The van der Waals surface area contributed by atoms with Crippen molar-refractivity contribution in [2.45, 2.75) is 18.4 Å². The fourth-order valence-electron chi connectivity index (χ4n) is 4.03. The Morgan fingerprint density at radius 3 is 1.97 bits per heavy atom. The lowest BCUT2D eigenvalue weighted by Gasteiger charge is -2.35. The summed E-state index contributed by atoms with van der Waals surface area (Å²) < 4.78 is 5.88. The molecule has 0 aromatic heterocycles. The SMILES string of the molecule is O=C(O)c1cc(O)c(O)c(O)c1C1Cc2c(O)cc(O)cc2O[C@@H]1c1cc(O)c(O)c(O)c1. The molecule has 9 N–H and O–H groups in total. The van der Waals surface area contributed by atoms with Gasteiger partial charge in [0.1, 0.15) is 23.4 Å². The highest BCUT2D eigenvalue weighted by Gasteiger charge is 2.40. The fourth-order valence-corrected chi connectivity index (χ4v) is 4.03. The van der Waals surface area contributed by atoms with E-state index in [2.05, 4.69) is 0 Å². The van der Waals surface area contributed by atoms with E-state index in [-0.39, 0.29) is 40.4 Å². The van der Waals surface area contributed by atoms with Crippen LogP contribution in [0, 0.1) is 0 Å². The predicted octanol–water partition coefficient (Wildman–Crippen LogP) is 2.49. The van der Waals surface area contributed by atoms with Crippen LogP contribution in [-0.2, 0) is 6.42 Å². The summed E-state index contributed by atoms with van der Waals surface area (Å²) in [6, 6.07) is 5.03. The van der Waals surface area contributed by atoms with Crippen molar-refractivity contribution in [1.29, 1.82) is 0 Å². The zero-order valence-corrected chi connectivity index (χ0v) is 16.6. The van der Waals surface area contributed by atoms with Gasteiger partial charge in [0, 0.05) is 34.7 Å². The van der Waals surface area contributed by atoms with Gasteiger partial charge >= 0.3 is 5.97 Å². The molecule has 4 rings (SSSR count). The number of carboxylic acid groups (broad SMARTS) is 1. The molecule has 1 aliphatic rings. The van der Waals surface area contributed by atoms with E-state index < -0.39 is 58.1 Å². The van der Waals surface area contributed by atoms with Crippen LogP contribution in [0.2, 0.25) is 0 Å². The van der Waals surface area contributed by atoms with E-state index in [9.17, 15) is 50.8 Å². The Kier molecular flexibility index (Phi) is 4.89. The van der Waals surface area contributed by atoms with E-state index >= 15 is 0 Å². The molecule has 11 heteroatoms. The molecule has 1 heterocycles. The molecule has 2 atom stereocenters. The van der Waals surface area contributed by atoms with Crippen molar-refractivity contribution in [3.63, 3.8) is 0 Å². The lowest BCUT2D eigenvalue weighted by atomic mass is 9.79. The summed E-state index contributed by atoms with van der Waals surface area (Å²) in [7, 11) is 0. The van der Waals surface area contributed by atoms with E-state index in [0.29, 0.717) is 0 Å². The summed E-state index contributed by atoms with van der Waals surface area (Å²) in [5.74, 6) is -8.47. The van der Waals surface area contributed by atoms with Crippen LogP contribution < -0.4 is 4.74 Å². The zero-order chi connectivity index (χ0) is 24.2. The number of carboxylic acids is 1. The number of benzene rings is 3. The first-order valence-electron chi connectivity index (χ1n) is 9.47. The summed E-state index contributed by atoms with van der Waals surface area (Å²) in [5, 5.41) is 89.9. The predicted molar refractivity (Wildman–Crippen MR) is 109 cm³/mol. The van der Waals surface area contributed by atoms with Crippen molar-refractivity contribution in [2.75, 3.05) is 0 Å². The summed E-state index contributed by atoms with van der Waals surface area (Å²) in [5.41, 5.74) is -0.752. The van der Waals surface area contributed by atoms with Crippen molar-refractivity contribution >= 4 is 5.97 Å². The largest absolute Gasteiger partial charge is 0.508 e. The Bertz CT molecular complexity index is 1280. The lowest BCUT2D eigenvalue weighted by molar-refractivity contribution is 0.0691. The molecule has 0 radical (unpaired) electrons. The van der Waals surface area contributed by atoms with Gasteiger partial charge in [0.2, 0.25) is 5.75 Å². The second kappa shape index (κ2) is 7.48. The van der Waals surface area contributed by atoms with Crippen molar-refractivity contribution in [3.8, 4) is 51.7 Å². The van der Waals surface area contributed by atoms with Crippen molar-refractivity contribution in [3.05, 3.63) is 52.6 Å². The third-order valence-corrected chi connectivity index (χ3v) is 5.53. The Hall–Kier alpha value is -4.67. The van der Waals surface area contributed by atoms with Crippen LogP contribution in [0.25, 0.3) is 0 Å². The van der Waals surface area contributed by atoms with E-state index in [1.807, 2.05) is 0 Å². The molecule has 33 heavy (non-hydrogen) atoms. The Balaban J connectivity index is 2.00. The maximum absolute atomic E-state index is 11.9. The van der Waals surface area contributed by atoms with Crippen LogP contribution in [-0.4, -0.2) is 51.9 Å². The van der Waals surface area contributed by atoms with Gasteiger partial charge in [0.05, 0.1) is 5.56 Å². The highest BCUT2D eigenvalue weighted by molar-refractivity contribution is 5.92. The summed E-state index contributed by atoms with van der Waals surface area (Å²) in [6.07, 6.45) is -1.45. The van der Waals surface area contributed by atoms with Gasteiger partial charge in [-0.1, -0.05) is 0 Å². The summed E-state index contributed by atoms with van der Waals surface area (Å²) in [6.45, 7) is 0. The van der Waals surface area contributed by atoms with E-state index in [4.69, 9.17) is 4.74 Å². The van der Waals surface area contributed by atoms with Crippen LogP contribution in [0.1, 0.15) is 39.1 Å². The molecule has 1 unspecified atom stereocenters. The minimum absolute atomic E-state index is 0.000157. The Morgan fingerprint density at radius 2 is 1.36 bits per heavy atom. The number of ether oxygens (including phenoxy) is 1. The van der Waals surface area contributed by atoms with Crippen LogP contribution in [0.15, 0.2) is 30.3 Å². The second-order valence-electron chi connectivity index (χ2n) is 7.56. The molecule has 1 aliphatic heterocycles. The van der Waals surface area contributed by atoms with Gasteiger partial charge in [0.15, 0.2) is 28.7 Å². The molecule has 0 fully saturated rings. The quantitative estimate of drug-likeness (QED) is 0.260. The molecular weight excluding hydrogens is 440 g/mol. The van der Waals surface area contributed by atoms with Crippen LogP contribution in [0.4, 0.5) is 0 Å². The molecular formula is C22H18O11. The normalized spacial score (nSPS) is 17.2. The first kappa shape index (κ1) is 21.6. The summed E-state index contributed by atoms with van der Waals surface area (Å²) >= 11 is 0. The molecule has 0 spiro atoms. The standard InChI is InChI=1S/C22H18O11/c23-8-3-12(24)9-5-10(17-11(22(31)32)6-15(27)19(29)20(17)30)21(33-16(9)4-8)7-1-13(25)18(28)14(26)2-7/h1-4,6,10,21,23-30H,5H2,(H,31,32)/t10?,21-/m1/s1. The number of phenolic OH excluding ortho intramolecular Hbond substituents is 8. The molecule has 0 aliphatic carbocycles. The Labute approximate surface area is 184 Å². The first-order valence-corrected chi connectivity index (χ1v) is 9.47. The number of aromatic hydroxyl groups is 8. The van der Waals surface area contributed by atoms with Gasteiger partial charge in [0.25, 0.3) is 0 Å². The molecule has 0 bridgehead atoms. The number of hydrogen-bond acceptors (Lipinski definition) is 10. The molecule has 3 aromatic rings. The molecule has 172 valence electrons. The van der Waals surface area contributed by atoms with Gasteiger partial charge in [-0.25, -0.2) is 4.79 Å². The van der Waals surface area contributed by atoms with Gasteiger partial charge in [-0.05, 0) is 24.6 Å². The number of rotatable bonds is 3. The average Bonchev–Trinajstić information content (AvgIpc) is 2.74. The van der Waals surface area contributed by atoms with Gasteiger partial charge in [-0.2, -0.15) is 0 Å². The highest BCUT2D eigenvalue weighted by Crippen LogP contribution is 2.54. The van der Waals surface area contributed by atoms with Crippen molar-refractivity contribution in [2.24, 2.45) is 0 Å². The lowest BCUT2D eigenvalue weighted by Crippen LogP contribution is -2.26.